The molecule has 1 heterocycles. The lowest BCUT2D eigenvalue weighted by Crippen LogP contribution is -2.50. The molecule has 0 fully saturated rings. The number of aryl methyl sites for hydroxylation is 1. The second kappa shape index (κ2) is 4.30. The summed E-state index contributed by atoms with van der Waals surface area (Å²) in [6.07, 6.45) is 0.983. The van der Waals surface area contributed by atoms with E-state index in [1.807, 2.05) is 4.90 Å². The van der Waals surface area contributed by atoms with Crippen molar-refractivity contribution in [3.8, 4) is 0 Å². The molecule has 1 aliphatic heterocycles. The van der Waals surface area contributed by atoms with Crippen LogP contribution in [0.4, 0.5) is 5.69 Å². The molecular weight excluding hydrogens is 226 g/mol. The molecule has 1 aromatic rings. The van der Waals surface area contributed by atoms with E-state index in [1.54, 1.807) is 0 Å². The Bertz CT molecular complexity index is 479. The maximum absolute atomic E-state index is 11.1. The third-order valence-electron chi connectivity index (χ3n) is 3.90. The number of carboxylic acid groups (broad SMARTS) is 1. The van der Waals surface area contributed by atoms with Gasteiger partial charge >= 0.3 is 5.97 Å². The van der Waals surface area contributed by atoms with Crippen LogP contribution in [0.3, 0.4) is 0 Å². The zero-order valence-electron chi connectivity index (χ0n) is 11.5. The van der Waals surface area contributed by atoms with Gasteiger partial charge in [-0.2, -0.15) is 0 Å². The van der Waals surface area contributed by atoms with Crippen LogP contribution in [0.1, 0.15) is 44.2 Å². The van der Waals surface area contributed by atoms with Crippen LogP contribution in [0.5, 0.6) is 0 Å². The van der Waals surface area contributed by atoms with Crippen molar-refractivity contribution in [2.24, 2.45) is 0 Å². The number of hydrogen-bond acceptors (Lipinski definition) is 2. The molecule has 1 aliphatic rings. The Labute approximate surface area is 108 Å². The van der Waals surface area contributed by atoms with E-state index in [2.05, 4.69) is 45.9 Å². The molecule has 0 saturated heterocycles. The lowest BCUT2D eigenvalue weighted by atomic mass is 9.79. The lowest BCUT2D eigenvalue weighted by Gasteiger charge is -2.47. The molecule has 1 aromatic carbocycles. The number of rotatable bonds is 2. The molecule has 0 spiro atoms. The van der Waals surface area contributed by atoms with E-state index in [9.17, 15) is 4.79 Å². The highest BCUT2D eigenvalue weighted by molar-refractivity contribution is 5.77. The molecule has 3 heteroatoms. The van der Waals surface area contributed by atoms with Crippen molar-refractivity contribution in [3.63, 3.8) is 0 Å². The first-order valence-corrected chi connectivity index (χ1v) is 6.42. The largest absolute Gasteiger partial charge is 0.480 e. The van der Waals surface area contributed by atoms with E-state index in [0.717, 1.165) is 17.7 Å². The minimum absolute atomic E-state index is 0.0670. The van der Waals surface area contributed by atoms with Gasteiger partial charge in [0.2, 0.25) is 0 Å². The van der Waals surface area contributed by atoms with Crippen molar-refractivity contribution in [2.45, 2.75) is 45.6 Å². The number of para-hydroxylation sites is 1. The Hall–Kier alpha value is -1.51. The molecular formula is C15H21NO2. The molecule has 1 N–H and O–H groups in total. The van der Waals surface area contributed by atoms with Gasteiger partial charge in [0.25, 0.3) is 0 Å². The number of benzene rings is 1. The van der Waals surface area contributed by atoms with Gasteiger partial charge in [0, 0.05) is 11.2 Å². The smallest absolute Gasteiger partial charge is 0.323 e. The number of fused-ring (bicyclic) bond motifs is 1. The average molecular weight is 247 g/mol. The molecule has 3 nitrogen and oxygen atoms in total. The van der Waals surface area contributed by atoms with Crippen molar-refractivity contribution in [2.75, 3.05) is 11.4 Å². The highest BCUT2D eigenvalue weighted by Crippen LogP contribution is 2.44. The van der Waals surface area contributed by atoms with E-state index < -0.39 is 5.97 Å². The Kier molecular flexibility index (Phi) is 3.09. The summed E-state index contributed by atoms with van der Waals surface area (Å²) in [7, 11) is 0. The summed E-state index contributed by atoms with van der Waals surface area (Å²) < 4.78 is 0. The maximum atomic E-state index is 11.1. The Morgan fingerprint density at radius 3 is 2.78 bits per heavy atom. The minimum Gasteiger partial charge on any atom is -0.480 e. The highest BCUT2D eigenvalue weighted by Gasteiger charge is 2.37. The van der Waals surface area contributed by atoms with Crippen LogP contribution in [0, 0.1) is 6.92 Å². The number of carboxylic acids is 1. The number of nitrogens with zero attached hydrogens (tertiary/aromatic N) is 1. The van der Waals surface area contributed by atoms with Gasteiger partial charge in [0.15, 0.2) is 0 Å². The Balaban J connectivity index is 2.56. The predicted molar refractivity (Wildman–Crippen MR) is 73.3 cm³/mol. The fraction of sp³-hybridized carbons (Fsp3) is 0.533. The second-order valence-corrected chi connectivity index (χ2v) is 5.91. The first-order valence-electron chi connectivity index (χ1n) is 6.42. The number of anilines is 1. The van der Waals surface area contributed by atoms with Crippen LogP contribution >= 0.6 is 0 Å². The van der Waals surface area contributed by atoms with Crippen LogP contribution in [0.25, 0.3) is 0 Å². The van der Waals surface area contributed by atoms with Crippen LogP contribution in [0.2, 0.25) is 0 Å². The Morgan fingerprint density at radius 1 is 1.50 bits per heavy atom. The molecule has 0 bridgehead atoms. The normalized spacial score (nSPS) is 21.6. The molecule has 2 rings (SSSR count). The molecule has 0 amide bonds. The highest BCUT2D eigenvalue weighted by atomic mass is 16.4. The van der Waals surface area contributed by atoms with Crippen molar-refractivity contribution in [1.82, 2.24) is 0 Å². The average Bonchev–Trinajstić information content (AvgIpc) is 2.23. The molecule has 18 heavy (non-hydrogen) atoms. The van der Waals surface area contributed by atoms with E-state index in [4.69, 9.17) is 5.11 Å². The van der Waals surface area contributed by atoms with Crippen molar-refractivity contribution in [3.05, 3.63) is 29.3 Å². The summed E-state index contributed by atoms with van der Waals surface area (Å²) in [6, 6.07) is 6.24. The fourth-order valence-corrected chi connectivity index (χ4v) is 3.15. The van der Waals surface area contributed by atoms with Gasteiger partial charge in [0.1, 0.15) is 6.54 Å². The monoisotopic (exact) mass is 247 g/mol. The maximum Gasteiger partial charge on any atom is 0.323 e. The van der Waals surface area contributed by atoms with Gasteiger partial charge in [-0.05, 0) is 44.2 Å². The van der Waals surface area contributed by atoms with E-state index in [1.165, 1.54) is 5.56 Å². The van der Waals surface area contributed by atoms with Crippen molar-refractivity contribution < 1.29 is 9.90 Å². The number of carbonyl (C=O) groups is 1. The minimum atomic E-state index is -0.771. The summed E-state index contributed by atoms with van der Waals surface area (Å²) in [5.41, 5.74) is 3.43. The first kappa shape index (κ1) is 12.9. The SMILES string of the molecule is Cc1cccc2c1N(CC(=O)O)C(C)(C)C[C@@H]2C. The van der Waals surface area contributed by atoms with E-state index in [-0.39, 0.29) is 12.1 Å². The summed E-state index contributed by atoms with van der Waals surface area (Å²) in [4.78, 5) is 13.2. The molecule has 0 aromatic heterocycles. The third-order valence-corrected chi connectivity index (χ3v) is 3.90. The van der Waals surface area contributed by atoms with Crippen LogP contribution in [-0.4, -0.2) is 23.2 Å². The van der Waals surface area contributed by atoms with Gasteiger partial charge in [-0.25, -0.2) is 0 Å². The lowest BCUT2D eigenvalue weighted by molar-refractivity contribution is -0.135. The van der Waals surface area contributed by atoms with Gasteiger partial charge in [-0.15, -0.1) is 0 Å². The fourth-order valence-electron chi connectivity index (χ4n) is 3.15. The van der Waals surface area contributed by atoms with Gasteiger partial charge in [0.05, 0.1) is 0 Å². The summed E-state index contributed by atoms with van der Waals surface area (Å²) >= 11 is 0. The number of aliphatic carboxylic acids is 1. The summed E-state index contributed by atoms with van der Waals surface area (Å²) in [5.74, 6) is -0.299. The topological polar surface area (TPSA) is 40.5 Å². The van der Waals surface area contributed by atoms with Gasteiger partial charge < -0.3 is 10.0 Å². The van der Waals surface area contributed by atoms with Gasteiger partial charge in [-0.3, -0.25) is 4.79 Å². The summed E-state index contributed by atoms with van der Waals surface area (Å²) in [5, 5.41) is 9.14. The zero-order valence-corrected chi connectivity index (χ0v) is 11.5. The zero-order chi connectivity index (χ0) is 13.5. The van der Waals surface area contributed by atoms with Crippen molar-refractivity contribution in [1.29, 1.82) is 0 Å². The molecule has 0 unspecified atom stereocenters. The van der Waals surface area contributed by atoms with Gasteiger partial charge in [-0.1, -0.05) is 25.1 Å². The standard InChI is InChI=1S/C15H21NO2/c1-10-6-5-7-12-11(2)8-15(3,4)16(14(10)12)9-13(17)18/h5-7,11H,8-9H2,1-4H3,(H,17,18)/t11-/m0/s1. The third kappa shape index (κ3) is 2.09. The molecule has 0 saturated carbocycles. The Morgan fingerprint density at radius 2 is 2.17 bits per heavy atom. The van der Waals surface area contributed by atoms with E-state index in [0.29, 0.717) is 5.92 Å². The number of hydrogen-bond donors (Lipinski definition) is 1. The van der Waals surface area contributed by atoms with Crippen LogP contribution < -0.4 is 4.90 Å². The summed E-state index contributed by atoms with van der Waals surface area (Å²) in [6.45, 7) is 8.60. The molecule has 1 atom stereocenters. The van der Waals surface area contributed by atoms with E-state index >= 15 is 0 Å². The van der Waals surface area contributed by atoms with Crippen molar-refractivity contribution >= 4 is 11.7 Å². The predicted octanol–water partition coefficient (Wildman–Crippen LogP) is 3.17. The first-order chi connectivity index (χ1) is 8.33. The second-order valence-electron chi connectivity index (χ2n) is 5.91. The molecule has 98 valence electrons. The quantitative estimate of drug-likeness (QED) is 0.872. The molecule has 0 aliphatic carbocycles. The van der Waals surface area contributed by atoms with Crippen LogP contribution in [0.15, 0.2) is 18.2 Å². The van der Waals surface area contributed by atoms with Crippen LogP contribution in [-0.2, 0) is 4.79 Å². The molecule has 0 radical (unpaired) electrons.